The Morgan fingerprint density at radius 1 is 1.30 bits per heavy atom. The average Bonchev–Trinajstić information content (AvgIpc) is 2.55. The van der Waals surface area contributed by atoms with E-state index in [4.69, 9.17) is 0 Å². The lowest BCUT2D eigenvalue weighted by molar-refractivity contribution is 0.137. The molecule has 128 valence electrons. The lowest BCUT2D eigenvalue weighted by atomic mass is 10.00. The molecular weight excluding hydrogens is 290 g/mol. The van der Waals surface area contributed by atoms with Gasteiger partial charge in [-0.3, -0.25) is 0 Å². The standard InChI is InChI=1S/C18H29N3O2/c1-14(13-17(22)15-7-5-4-6-8-15)19-16-9-11-21(12-10-16)18(23)20(2)3/h4-8,14,16-17,19,22H,9-13H2,1-3H3. The van der Waals surface area contributed by atoms with E-state index in [1.54, 1.807) is 19.0 Å². The molecular formula is C18H29N3O2. The molecule has 2 N–H and O–H groups in total. The van der Waals surface area contributed by atoms with Gasteiger partial charge in [-0.25, -0.2) is 4.79 Å². The first-order valence-electron chi connectivity index (χ1n) is 8.42. The molecule has 5 heteroatoms. The van der Waals surface area contributed by atoms with E-state index in [1.165, 1.54) is 0 Å². The van der Waals surface area contributed by atoms with Crippen LogP contribution in [0.2, 0.25) is 0 Å². The number of carbonyl (C=O) groups is 1. The highest BCUT2D eigenvalue weighted by Gasteiger charge is 2.25. The van der Waals surface area contributed by atoms with Crippen molar-refractivity contribution in [3.8, 4) is 0 Å². The Morgan fingerprint density at radius 3 is 2.48 bits per heavy atom. The van der Waals surface area contributed by atoms with E-state index in [1.807, 2.05) is 35.2 Å². The number of piperidine rings is 1. The van der Waals surface area contributed by atoms with E-state index >= 15 is 0 Å². The van der Waals surface area contributed by atoms with Gasteiger partial charge in [0, 0.05) is 39.3 Å². The van der Waals surface area contributed by atoms with Crippen LogP contribution in [-0.2, 0) is 0 Å². The molecule has 1 aromatic rings. The predicted octanol–water partition coefficient (Wildman–Crippen LogP) is 2.23. The van der Waals surface area contributed by atoms with Crippen LogP contribution < -0.4 is 5.32 Å². The number of urea groups is 1. The van der Waals surface area contributed by atoms with Gasteiger partial charge in [-0.1, -0.05) is 30.3 Å². The van der Waals surface area contributed by atoms with E-state index in [9.17, 15) is 9.90 Å². The maximum Gasteiger partial charge on any atom is 0.319 e. The highest BCUT2D eigenvalue weighted by molar-refractivity contribution is 5.73. The number of hydrogen-bond donors (Lipinski definition) is 2. The van der Waals surface area contributed by atoms with Crippen molar-refractivity contribution in [2.24, 2.45) is 0 Å². The number of likely N-dealkylation sites (tertiary alicyclic amines) is 1. The molecule has 1 aromatic carbocycles. The van der Waals surface area contributed by atoms with Gasteiger partial charge < -0.3 is 20.2 Å². The van der Waals surface area contributed by atoms with E-state index in [-0.39, 0.29) is 12.1 Å². The highest BCUT2D eigenvalue weighted by Crippen LogP contribution is 2.19. The van der Waals surface area contributed by atoms with Gasteiger partial charge in [-0.05, 0) is 31.7 Å². The minimum absolute atomic E-state index is 0.0935. The molecule has 23 heavy (non-hydrogen) atoms. The first-order chi connectivity index (χ1) is 11.0. The SMILES string of the molecule is CC(CC(O)c1ccccc1)NC1CCN(C(=O)N(C)C)CC1. The summed E-state index contributed by atoms with van der Waals surface area (Å²) >= 11 is 0. The Hall–Kier alpha value is -1.59. The van der Waals surface area contributed by atoms with Crippen molar-refractivity contribution in [3.05, 3.63) is 35.9 Å². The summed E-state index contributed by atoms with van der Waals surface area (Å²) in [4.78, 5) is 15.5. The quantitative estimate of drug-likeness (QED) is 0.875. The Labute approximate surface area is 139 Å². The number of hydrogen-bond acceptors (Lipinski definition) is 3. The molecule has 1 aliphatic heterocycles. The van der Waals surface area contributed by atoms with Crippen molar-refractivity contribution in [3.63, 3.8) is 0 Å². The Morgan fingerprint density at radius 2 is 1.91 bits per heavy atom. The van der Waals surface area contributed by atoms with Crippen molar-refractivity contribution in [2.45, 2.75) is 44.4 Å². The number of aliphatic hydroxyl groups is 1. The molecule has 2 atom stereocenters. The highest BCUT2D eigenvalue weighted by atomic mass is 16.3. The van der Waals surface area contributed by atoms with Gasteiger partial charge in [0.1, 0.15) is 0 Å². The van der Waals surface area contributed by atoms with Crippen molar-refractivity contribution in [1.82, 2.24) is 15.1 Å². The van der Waals surface area contributed by atoms with Crippen LogP contribution in [0.1, 0.15) is 37.9 Å². The molecule has 0 saturated carbocycles. The topological polar surface area (TPSA) is 55.8 Å². The van der Waals surface area contributed by atoms with Crippen molar-refractivity contribution >= 4 is 6.03 Å². The average molecular weight is 319 g/mol. The van der Waals surface area contributed by atoms with Gasteiger partial charge in [-0.15, -0.1) is 0 Å². The first-order valence-corrected chi connectivity index (χ1v) is 8.42. The van der Waals surface area contributed by atoms with Crippen LogP contribution in [0.4, 0.5) is 4.79 Å². The summed E-state index contributed by atoms with van der Waals surface area (Å²) < 4.78 is 0. The fraction of sp³-hybridized carbons (Fsp3) is 0.611. The number of carbonyl (C=O) groups excluding carboxylic acids is 1. The van der Waals surface area contributed by atoms with Gasteiger partial charge in [0.15, 0.2) is 0 Å². The maximum absolute atomic E-state index is 11.9. The van der Waals surface area contributed by atoms with Crippen LogP contribution in [0.15, 0.2) is 30.3 Å². The lowest BCUT2D eigenvalue weighted by Gasteiger charge is -2.35. The van der Waals surface area contributed by atoms with Crippen molar-refractivity contribution < 1.29 is 9.90 Å². The van der Waals surface area contributed by atoms with Crippen molar-refractivity contribution in [2.75, 3.05) is 27.2 Å². The molecule has 0 aromatic heterocycles. The third-order valence-corrected chi connectivity index (χ3v) is 4.43. The summed E-state index contributed by atoms with van der Waals surface area (Å²) in [5, 5.41) is 13.9. The minimum Gasteiger partial charge on any atom is -0.388 e. The zero-order valence-corrected chi connectivity index (χ0v) is 14.4. The van der Waals surface area contributed by atoms with Gasteiger partial charge in [-0.2, -0.15) is 0 Å². The molecule has 0 bridgehead atoms. The van der Waals surface area contributed by atoms with Crippen LogP contribution in [0, 0.1) is 0 Å². The summed E-state index contributed by atoms with van der Waals surface area (Å²) in [7, 11) is 3.58. The molecule has 1 saturated heterocycles. The zero-order valence-electron chi connectivity index (χ0n) is 14.4. The molecule has 1 aliphatic rings. The molecule has 1 fully saturated rings. The van der Waals surface area contributed by atoms with Crippen LogP contribution in [0.5, 0.6) is 0 Å². The molecule has 2 unspecified atom stereocenters. The van der Waals surface area contributed by atoms with Gasteiger partial charge in [0.05, 0.1) is 6.10 Å². The zero-order chi connectivity index (χ0) is 16.8. The van der Waals surface area contributed by atoms with Gasteiger partial charge in [0.25, 0.3) is 0 Å². The fourth-order valence-corrected chi connectivity index (χ4v) is 3.14. The summed E-state index contributed by atoms with van der Waals surface area (Å²) in [6.45, 7) is 3.70. The Bertz CT molecular complexity index is 484. The van der Waals surface area contributed by atoms with E-state index in [0.717, 1.165) is 31.5 Å². The largest absolute Gasteiger partial charge is 0.388 e. The maximum atomic E-state index is 11.9. The molecule has 0 aliphatic carbocycles. The summed E-state index contributed by atoms with van der Waals surface area (Å²) in [6.07, 6.45) is 2.19. The third-order valence-electron chi connectivity index (χ3n) is 4.43. The summed E-state index contributed by atoms with van der Waals surface area (Å²) in [5.74, 6) is 0. The number of rotatable bonds is 5. The smallest absolute Gasteiger partial charge is 0.319 e. The number of nitrogens with zero attached hydrogens (tertiary/aromatic N) is 2. The molecule has 5 nitrogen and oxygen atoms in total. The van der Waals surface area contributed by atoms with Crippen LogP contribution in [-0.4, -0.2) is 60.2 Å². The number of amides is 2. The molecule has 0 spiro atoms. The summed E-state index contributed by atoms with van der Waals surface area (Å²) in [6, 6.07) is 10.5. The second-order valence-electron chi connectivity index (χ2n) is 6.67. The second-order valence-corrected chi connectivity index (χ2v) is 6.67. The Balaban J connectivity index is 1.74. The van der Waals surface area contributed by atoms with Crippen molar-refractivity contribution in [1.29, 1.82) is 0 Å². The normalized spacial score (nSPS) is 18.5. The van der Waals surface area contributed by atoms with Gasteiger partial charge in [0.2, 0.25) is 0 Å². The number of benzene rings is 1. The molecule has 2 rings (SSSR count). The Kier molecular flexibility index (Phi) is 6.42. The number of aliphatic hydroxyl groups excluding tert-OH is 1. The minimum atomic E-state index is -0.436. The summed E-state index contributed by atoms with van der Waals surface area (Å²) in [5.41, 5.74) is 0.965. The van der Waals surface area contributed by atoms with Gasteiger partial charge >= 0.3 is 6.03 Å². The predicted molar refractivity (Wildman–Crippen MR) is 92.3 cm³/mol. The fourth-order valence-electron chi connectivity index (χ4n) is 3.14. The molecule has 1 heterocycles. The molecule has 0 radical (unpaired) electrons. The number of nitrogens with one attached hydrogen (secondary N) is 1. The van der Waals surface area contributed by atoms with E-state index in [0.29, 0.717) is 12.5 Å². The third kappa shape index (κ3) is 5.22. The molecule has 2 amide bonds. The second kappa shape index (κ2) is 8.31. The first kappa shape index (κ1) is 17.8. The van der Waals surface area contributed by atoms with Crippen LogP contribution in [0.25, 0.3) is 0 Å². The van der Waals surface area contributed by atoms with Crippen LogP contribution in [0.3, 0.4) is 0 Å². The monoisotopic (exact) mass is 319 g/mol. The van der Waals surface area contributed by atoms with Crippen LogP contribution >= 0.6 is 0 Å². The van der Waals surface area contributed by atoms with E-state index < -0.39 is 6.10 Å². The van der Waals surface area contributed by atoms with E-state index in [2.05, 4.69) is 12.2 Å². The lowest BCUT2D eigenvalue weighted by Crippen LogP contribution is -2.49.